The van der Waals surface area contributed by atoms with Crippen molar-refractivity contribution in [1.29, 1.82) is 0 Å². The van der Waals surface area contributed by atoms with Crippen LogP contribution in [0.4, 0.5) is 5.69 Å². The molecule has 2 aromatic carbocycles. The number of carbonyl (C=O) groups is 3. The summed E-state index contributed by atoms with van der Waals surface area (Å²) in [5, 5.41) is 10.7. The van der Waals surface area contributed by atoms with Gasteiger partial charge in [-0.2, -0.15) is 0 Å². The molecule has 0 aromatic heterocycles. The third kappa shape index (κ3) is 8.30. The van der Waals surface area contributed by atoms with E-state index in [4.69, 9.17) is 14.2 Å². The van der Waals surface area contributed by atoms with Gasteiger partial charge in [-0.25, -0.2) is 0 Å². The van der Waals surface area contributed by atoms with Gasteiger partial charge in [0.2, 0.25) is 24.4 Å². The van der Waals surface area contributed by atoms with Crippen molar-refractivity contribution in [3.63, 3.8) is 0 Å². The zero-order valence-corrected chi connectivity index (χ0v) is 28.5. The molecule has 2 aliphatic rings. The average molecular weight is 640 g/mol. The molecule has 2 heterocycles. The van der Waals surface area contributed by atoms with Crippen LogP contribution < -0.4 is 19.1 Å². The number of methoxy groups -OCH3 is 1. The summed E-state index contributed by atoms with van der Waals surface area (Å²) in [6.07, 6.45) is 2.20. The lowest BCUT2D eigenvalue weighted by atomic mass is 9.84. The molecule has 11 heteroatoms. The number of carboxylic acids is 1. The Morgan fingerprint density at radius 2 is 1.85 bits per heavy atom. The van der Waals surface area contributed by atoms with E-state index in [9.17, 15) is 19.5 Å². The maximum absolute atomic E-state index is 14.2. The Labute approximate surface area is 273 Å². The first-order chi connectivity index (χ1) is 21.9. The number of rotatable bonds is 15. The summed E-state index contributed by atoms with van der Waals surface area (Å²) < 4.78 is 17.6. The van der Waals surface area contributed by atoms with Crippen LogP contribution in [0.1, 0.15) is 57.1 Å². The molecule has 0 bridgehead atoms. The first-order valence-electron chi connectivity index (χ1n) is 16.3. The molecular formula is C35H51N4O7+. The van der Waals surface area contributed by atoms with Gasteiger partial charge in [-0.05, 0) is 49.6 Å². The molecule has 1 fully saturated rings. The Morgan fingerprint density at radius 1 is 1.09 bits per heavy atom. The summed E-state index contributed by atoms with van der Waals surface area (Å²) in [5.74, 6) is -0.851. The van der Waals surface area contributed by atoms with E-state index in [0.29, 0.717) is 49.8 Å². The van der Waals surface area contributed by atoms with Gasteiger partial charge < -0.3 is 33.6 Å². The molecule has 1 N–H and O–H groups in total. The van der Waals surface area contributed by atoms with Crippen molar-refractivity contribution < 1.29 is 38.2 Å². The van der Waals surface area contributed by atoms with Crippen LogP contribution in [-0.2, 0) is 20.9 Å². The van der Waals surface area contributed by atoms with Crippen LogP contribution in [-0.4, -0.2) is 111 Å². The van der Waals surface area contributed by atoms with Crippen LogP contribution in [0.5, 0.6) is 17.2 Å². The van der Waals surface area contributed by atoms with Crippen LogP contribution in [0.2, 0.25) is 0 Å². The lowest BCUT2D eigenvalue weighted by molar-refractivity contribution is -0.884. The number of aliphatic carboxylic acids is 1. The monoisotopic (exact) mass is 639 g/mol. The molecule has 0 aliphatic carbocycles. The van der Waals surface area contributed by atoms with Crippen LogP contribution in [0, 0.1) is 5.92 Å². The fourth-order valence-corrected chi connectivity index (χ4v) is 6.72. The van der Waals surface area contributed by atoms with Crippen LogP contribution >= 0.6 is 0 Å². The van der Waals surface area contributed by atoms with E-state index in [0.717, 1.165) is 40.7 Å². The molecule has 0 saturated carbocycles. The highest BCUT2D eigenvalue weighted by Gasteiger charge is 2.48. The van der Waals surface area contributed by atoms with Crippen molar-refractivity contribution >= 4 is 23.5 Å². The molecule has 1 saturated heterocycles. The van der Waals surface area contributed by atoms with Gasteiger partial charge in [0.25, 0.3) is 0 Å². The summed E-state index contributed by atoms with van der Waals surface area (Å²) in [5.41, 5.74) is 2.74. The van der Waals surface area contributed by atoms with E-state index in [-0.39, 0.29) is 25.2 Å². The second kappa shape index (κ2) is 15.2. The summed E-state index contributed by atoms with van der Waals surface area (Å²) in [4.78, 5) is 45.1. The SMILES string of the molecule is CCCCN(C(=O)CN1CC(c2cc(OC)c3c(c2)OCO3)C(C(=O)O)C1CCN(CC)C(C)=O)c1cccc(C[N+](C)(C)C)c1. The predicted molar refractivity (Wildman–Crippen MR) is 176 cm³/mol. The third-order valence-corrected chi connectivity index (χ3v) is 8.92. The van der Waals surface area contributed by atoms with Gasteiger partial charge >= 0.3 is 5.97 Å². The van der Waals surface area contributed by atoms with Gasteiger partial charge in [-0.15, -0.1) is 0 Å². The number of fused-ring (bicyclic) bond motifs is 1. The molecule has 0 spiro atoms. The quantitative estimate of drug-likeness (QED) is 0.289. The van der Waals surface area contributed by atoms with Crippen molar-refractivity contribution in [3.8, 4) is 17.2 Å². The summed E-state index contributed by atoms with van der Waals surface area (Å²) in [6, 6.07) is 11.3. The summed E-state index contributed by atoms with van der Waals surface area (Å²) in [6.45, 7) is 8.32. The van der Waals surface area contributed by atoms with E-state index in [1.807, 2.05) is 41.0 Å². The molecule has 3 atom stereocenters. The number of amides is 2. The number of quaternary nitrogens is 1. The number of carboxylic acid groups (broad SMARTS) is 1. The number of unbranched alkanes of at least 4 members (excludes halogenated alkanes) is 1. The Balaban J connectivity index is 1.69. The summed E-state index contributed by atoms with van der Waals surface area (Å²) >= 11 is 0. The highest BCUT2D eigenvalue weighted by Crippen LogP contribution is 2.47. The third-order valence-electron chi connectivity index (χ3n) is 8.92. The Kier molecular flexibility index (Phi) is 11.6. The molecule has 4 rings (SSSR count). The van der Waals surface area contributed by atoms with Crippen molar-refractivity contribution in [1.82, 2.24) is 9.80 Å². The van der Waals surface area contributed by atoms with Gasteiger partial charge in [0.05, 0.1) is 40.7 Å². The number of nitrogens with zero attached hydrogens (tertiary/aromatic N) is 4. The molecule has 3 unspecified atom stereocenters. The normalized spacial score (nSPS) is 19.2. The fraction of sp³-hybridized carbons (Fsp3) is 0.571. The number of likely N-dealkylation sites (tertiary alicyclic amines) is 1. The minimum Gasteiger partial charge on any atom is -0.493 e. The Morgan fingerprint density at radius 3 is 2.48 bits per heavy atom. The largest absolute Gasteiger partial charge is 0.493 e. The molecule has 0 radical (unpaired) electrons. The standard InChI is InChI=1S/C35H50N4O7/c1-8-10-15-38(27-13-11-12-25(17-27)22-39(4,5)6)32(41)21-37-20-28(26-18-30(44-7)34-31(19-26)45-23-46-34)33(35(42)43)29(37)14-16-36(9-2)24(3)40/h11-13,17-19,28-29,33H,8-10,14-16,20-23H2,1-7H3/p+1. The van der Waals surface area contributed by atoms with Gasteiger partial charge in [0.1, 0.15) is 6.54 Å². The van der Waals surface area contributed by atoms with Crippen molar-refractivity contribution in [2.24, 2.45) is 5.92 Å². The molecule has 252 valence electrons. The highest BCUT2D eigenvalue weighted by atomic mass is 16.7. The number of hydrogen-bond acceptors (Lipinski definition) is 7. The van der Waals surface area contributed by atoms with Crippen LogP contribution in [0.15, 0.2) is 36.4 Å². The minimum absolute atomic E-state index is 0.0576. The van der Waals surface area contributed by atoms with Crippen molar-refractivity contribution in [3.05, 3.63) is 47.5 Å². The molecular weight excluding hydrogens is 588 g/mol. The van der Waals surface area contributed by atoms with Gasteiger partial charge in [0.15, 0.2) is 11.5 Å². The van der Waals surface area contributed by atoms with Gasteiger partial charge in [0, 0.05) is 56.3 Å². The van der Waals surface area contributed by atoms with Crippen molar-refractivity contribution in [2.75, 3.05) is 72.7 Å². The topological polar surface area (TPSA) is 109 Å². The zero-order chi connectivity index (χ0) is 33.6. The number of carbonyl (C=O) groups excluding carboxylic acids is 2. The van der Waals surface area contributed by atoms with Crippen molar-refractivity contribution in [2.45, 2.75) is 58.5 Å². The first-order valence-corrected chi connectivity index (χ1v) is 16.3. The molecule has 11 nitrogen and oxygen atoms in total. The first kappa shape index (κ1) is 35.0. The van der Waals surface area contributed by atoms with E-state index in [1.54, 1.807) is 12.0 Å². The number of benzene rings is 2. The van der Waals surface area contributed by atoms with E-state index in [2.05, 4.69) is 40.2 Å². The minimum atomic E-state index is -0.941. The smallest absolute Gasteiger partial charge is 0.308 e. The van der Waals surface area contributed by atoms with Crippen LogP contribution in [0.25, 0.3) is 0 Å². The molecule has 46 heavy (non-hydrogen) atoms. The lowest BCUT2D eigenvalue weighted by Crippen LogP contribution is -2.46. The van der Waals surface area contributed by atoms with E-state index < -0.39 is 23.8 Å². The van der Waals surface area contributed by atoms with Crippen LogP contribution in [0.3, 0.4) is 0 Å². The summed E-state index contributed by atoms with van der Waals surface area (Å²) in [7, 11) is 7.95. The fourth-order valence-electron chi connectivity index (χ4n) is 6.72. The second-order valence-corrected chi connectivity index (χ2v) is 13.3. The van der Waals surface area contributed by atoms with Gasteiger partial charge in [-0.1, -0.05) is 25.5 Å². The Bertz CT molecular complexity index is 1390. The maximum atomic E-state index is 14.2. The molecule has 2 amide bonds. The number of hydrogen-bond donors (Lipinski definition) is 1. The van der Waals surface area contributed by atoms with E-state index >= 15 is 0 Å². The number of ether oxygens (including phenoxy) is 3. The average Bonchev–Trinajstić information content (AvgIpc) is 3.61. The maximum Gasteiger partial charge on any atom is 0.308 e. The molecule has 2 aromatic rings. The predicted octanol–water partition coefficient (Wildman–Crippen LogP) is 4.19. The second-order valence-electron chi connectivity index (χ2n) is 13.3. The zero-order valence-electron chi connectivity index (χ0n) is 28.5. The van der Waals surface area contributed by atoms with Gasteiger partial charge in [-0.3, -0.25) is 19.3 Å². The van der Waals surface area contributed by atoms with E-state index in [1.165, 1.54) is 6.92 Å². The molecule has 2 aliphatic heterocycles. The highest BCUT2D eigenvalue weighted by molar-refractivity contribution is 5.95. The Hall–Kier alpha value is -3.83. The number of anilines is 1. The lowest BCUT2D eigenvalue weighted by Gasteiger charge is -2.31.